The van der Waals surface area contributed by atoms with Crippen LogP contribution in [0.25, 0.3) is 0 Å². The number of carboxylic acids is 1. The number of amides is 2. The molecule has 0 radical (unpaired) electrons. The van der Waals surface area contributed by atoms with Gasteiger partial charge in [0.15, 0.2) is 0 Å². The first-order valence-corrected chi connectivity index (χ1v) is 7.34. The summed E-state index contributed by atoms with van der Waals surface area (Å²) in [6.07, 6.45) is 6.53. The molecule has 0 saturated heterocycles. The lowest BCUT2D eigenvalue weighted by Crippen LogP contribution is -2.46. The number of rotatable bonds is 3. The van der Waals surface area contributed by atoms with Crippen LogP contribution < -0.4 is 10.6 Å². The Hall–Kier alpha value is -1.26. The number of carbonyl (C=O) groups excluding carboxylic acids is 1. The number of nitrogens with one attached hydrogen (secondary N) is 2. The molecule has 0 aliphatic heterocycles. The first-order valence-electron chi connectivity index (χ1n) is 7.34. The van der Waals surface area contributed by atoms with E-state index in [2.05, 4.69) is 17.6 Å². The van der Waals surface area contributed by atoms with Gasteiger partial charge in [0.2, 0.25) is 0 Å². The van der Waals surface area contributed by atoms with Gasteiger partial charge < -0.3 is 15.7 Å². The second-order valence-corrected chi connectivity index (χ2v) is 6.13. The van der Waals surface area contributed by atoms with Crippen LogP contribution in [0.15, 0.2) is 0 Å². The van der Waals surface area contributed by atoms with Crippen molar-refractivity contribution in [1.82, 2.24) is 10.6 Å². The maximum absolute atomic E-state index is 11.9. The zero-order valence-electron chi connectivity index (χ0n) is 11.5. The molecule has 2 amide bonds. The summed E-state index contributed by atoms with van der Waals surface area (Å²) in [5.41, 5.74) is 0. The van der Waals surface area contributed by atoms with E-state index in [0.717, 1.165) is 19.3 Å². The highest BCUT2D eigenvalue weighted by Crippen LogP contribution is 2.26. The maximum Gasteiger partial charge on any atom is 0.315 e. The largest absolute Gasteiger partial charge is 0.481 e. The lowest BCUT2D eigenvalue weighted by Gasteiger charge is -2.28. The molecule has 2 aliphatic rings. The Morgan fingerprint density at radius 3 is 2.26 bits per heavy atom. The van der Waals surface area contributed by atoms with Gasteiger partial charge in [-0.25, -0.2) is 4.79 Å². The van der Waals surface area contributed by atoms with Gasteiger partial charge in [-0.1, -0.05) is 19.8 Å². The van der Waals surface area contributed by atoms with Crippen molar-refractivity contribution < 1.29 is 14.7 Å². The minimum absolute atomic E-state index is 0.0158. The summed E-state index contributed by atoms with van der Waals surface area (Å²) in [6, 6.07) is 0.165. The van der Waals surface area contributed by atoms with E-state index in [1.807, 2.05) is 0 Å². The van der Waals surface area contributed by atoms with Crippen LogP contribution in [-0.2, 0) is 4.79 Å². The van der Waals surface area contributed by atoms with Crippen molar-refractivity contribution >= 4 is 12.0 Å². The van der Waals surface area contributed by atoms with Gasteiger partial charge in [0, 0.05) is 12.1 Å². The summed E-state index contributed by atoms with van der Waals surface area (Å²) in [5.74, 6) is -0.354. The molecular weight excluding hydrogens is 244 g/mol. The molecule has 0 bridgehead atoms. The lowest BCUT2D eigenvalue weighted by molar-refractivity contribution is -0.141. The predicted molar refractivity (Wildman–Crippen MR) is 71.9 cm³/mol. The Morgan fingerprint density at radius 2 is 1.68 bits per heavy atom. The summed E-state index contributed by atoms with van der Waals surface area (Å²) in [4.78, 5) is 22.7. The SMILES string of the molecule is CC1CCCC(NC(=O)N[C@H]2CC[C@@H](C(=O)O)C2)C1. The normalized spacial score (nSPS) is 34.8. The molecule has 19 heavy (non-hydrogen) atoms. The minimum Gasteiger partial charge on any atom is -0.481 e. The van der Waals surface area contributed by atoms with Crippen molar-refractivity contribution in [1.29, 1.82) is 0 Å². The van der Waals surface area contributed by atoms with E-state index in [4.69, 9.17) is 5.11 Å². The molecule has 0 aromatic rings. The van der Waals surface area contributed by atoms with Crippen LogP contribution in [0.3, 0.4) is 0 Å². The number of hydrogen-bond acceptors (Lipinski definition) is 2. The molecule has 2 aliphatic carbocycles. The molecule has 2 unspecified atom stereocenters. The first kappa shape index (κ1) is 14.2. The topological polar surface area (TPSA) is 78.4 Å². The Labute approximate surface area is 114 Å². The maximum atomic E-state index is 11.9. The summed E-state index contributed by atoms with van der Waals surface area (Å²) in [5, 5.41) is 14.9. The fraction of sp³-hybridized carbons (Fsp3) is 0.857. The highest BCUT2D eigenvalue weighted by atomic mass is 16.4. The van der Waals surface area contributed by atoms with Gasteiger partial charge in [-0.2, -0.15) is 0 Å². The molecule has 4 atom stereocenters. The van der Waals surface area contributed by atoms with Crippen molar-refractivity contribution in [2.75, 3.05) is 0 Å². The number of urea groups is 1. The average molecular weight is 268 g/mol. The first-order chi connectivity index (χ1) is 9.04. The molecule has 3 N–H and O–H groups in total. The van der Waals surface area contributed by atoms with Crippen molar-refractivity contribution in [3.05, 3.63) is 0 Å². The fourth-order valence-corrected chi connectivity index (χ4v) is 3.31. The average Bonchev–Trinajstić information content (AvgIpc) is 2.77. The second-order valence-electron chi connectivity index (χ2n) is 6.13. The molecule has 0 aromatic heterocycles. The summed E-state index contributed by atoms with van der Waals surface area (Å²) in [6.45, 7) is 2.22. The van der Waals surface area contributed by atoms with Gasteiger partial charge >= 0.3 is 12.0 Å². The lowest BCUT2D eigenvalue weighted by atomic mass is 9.87. The van der Waals surface area contributed by atoms with Crippen LogP contribution >= 0.6 is 0 Å². The summed E-state index contributed by atoms with van der Waals surface area (Å²) >= 11 is 0. The van der Waals surface area contributed by atoms with E-state index >= 15 is 0 Å². The van der Waals surface area contributed by atoms with E-state index in [9.17, 15) is 9.59 Å². The monoisotopic (exact) mass is 268 g/mol. The third-order valence-electron chi connectivity index (χ3n) is 4.39. The number of aliphatic carboxylic acids is 1. The van der Waals surface area contributed by atoms with Crippen LogP contribution in [0.2, 0.25) is 0 Å². The van der Waals surface area contributed by atoms with E-state index in [1.165, 1.54) is 12.8 Å². The molecule has 5 heteroatoms. The van der Waals surface area contributed by atoms with E-state index in [1.54, 1.807) is 0 Å². The standard InChI is InChI=1S/C14H24N2O3/c1-9-3-2-4-11(7-9)15-14(19)16-12-6-5-10(8-12)13(17)18/h9-12H,2-8H2,1H3,(H,17,18)(H2,15,16,19)/t9?,10-,11?,12+/m1/s1. The van der Waals surface area contributed by atoms with Crippen molar-refractivity contribution in [2.45, 2.75) is 64.0 Å². The molecule has 5 nitrogen and oxygen atoms in total. The molecule has 0 aromatic carbocycles. The van der Waals surface area contributed by atoms with Gasteiger partial charge in [0.25, 0.3) is 0 Å². The molecule has 0 heterocycles. The third kappa shape index (κ3) is 4.11. The fourth-order valence-electron chi connectivity index (χ4n) is 3.31. The number of hydrogen-bond donors (Lipinski definition) is 3. The van der Waals surface area contributed by atoms with Gasteiger partial charge in [-0.3, -0.25) is 4.79 Å². The van der Waals surface area contributed by atoms with Crippen molar-refractivity contribution in [2.24, 2.45) is 11.8 Å². The molecule has 108 valence electrons. The van der Waals surface area contributed by atoms with E-state index in [0.29, 0.717) is 18.8 Å². The highest BCUT2D eigenvalue weighted by Gasteiger charge is 2.31. The molecule has 2 saturated carbocycles. The number of carboxylic acid groups (broad SMARTS) is 1. The second kappa shape index (κ2) is 6.26. The van der Waals surface area contributed by atoms with Gasteiger partial charge in [-0.15, -0.1) is 0 Å². The molecular formula is C14H24N2O3. The van der Waals surface area contributed by atoms with Crippen LogP contribution in [0.4, 0.5) is 4.79 Å². The van der Waals surface area contributed by atoms with Gasteiger partial charge in [0.1, 0.15) is 0 Å². The van der Waals surface area contributed by atoms with Gasteiger partial charge in [-0.05, 0) is 38.0 Å². The van der Waals surface area contributed by atoms with E-state index < -0.39 is 5.97 Å². The van der Waals surface area contributed by atoms with Gasteiger partial charge in [0.05, 0.1) is 5.92 Å². The zero-order valence-corrected chi connectivity index (χ0v) is 11.5. The Balaban J connectivity index is 1.71. The van der Waals surface area contributed by atoms with Crippen molar-refractivity contribution in [3.8, 4) is 0 Å². The summed E-state index contributed by atoms with van der Waals surface area (Å²) < 4.78 is 0. The predicted octanol–water partition coefficient (Wildman–Crippen LogP) is 2.12. The number of carbonyl (C=O) groups is 2. The Morgan fingerprint density at radius 1 is 1.00 bits per heavy atom. The Kier molecular flexibility index (Phi) is 4.66. The van der Waals surface area contributed by atoms with Crippen molar-refractivity contribution in [3.63, 3.8) is 0 Å². The van der Waals surface area contributed by atoms with Crippen LogP contribution in [-0.4, -0.2) is 29.2 Å². The summed E-state index contributed by atoms with van der Waals surface area (Å²) in [7, 11) is 0. The van der Waals surface area contributed by atoms with E-state index in [-0.39, 0.29) is 24.0 Å². The van der Waals surface area contributed by atoms with Crippen LogP contribution in [0, 0.1) is 11.8 Å². The van der Waals surface area contributed by atoms with Crippen LogP contribution in [0.5, 0.6) is 0 Å². The molecule has 2 fully saturated rings. The molecule has 0 spiro atoms. The van der Waals surface area contributed by atoms with Crippen LogP contribution in [0.1, 0.15) is 51.9 Å². The highest BCUT2D eigenvalue weighted by molar-refractivity contribution is 5.75. The smallest absolute Gasteiger partial charge is 0.315 e. The zero-order chi connectivity index (χ0) is 13.8. The quantitative estimate of drug-likeness (QED) is 0.733. The minimum atomic E-state index is -0.745. The third-order valence-corrected chi connectivity index (χ3v) is 4.39. The molecule has 2 rings (SSSR count). The Bertz CT molecular complexity index is 346.